The molecule has 2 aromatic carbocycles. The second-order valence-electron chi connectivity index (χ2n) is 6.70. The molecule has 0 radical (unpaired) electrons. The Kier molecular flexibility index (Phi) is 4.70. The van der Waals surface area contributed by atoms with Gasteiger partial charge in [0.2, 0.25) is 0 Å². The molecule has 1 N–H and O–H groups in total. The second-order valence-corrected chi connectivity index (χ2v) is 7.11. The lowest BCUT2D eigenvalue weighted by Gasteiger charge is -2.15. The molecule has 1 fully saturated rings. The maximum Gasteiger partial charge on any atom is 0.260 e. The molecule has 1 aromatic heterocycles. The number of hydrogen-bond donors (Lipinski definition) is 1. The summed E-state index contributed by atoms with van der Waals surface area (Å²) in [5, 5.41) is 4.14. The monoisotopic (exact) mass is 384 g/mol. The minimum Gasteiger partial charge on any atom is -0.481 e. The van der Waals surface area contributed by atoms with E-state index in [0.717, 1.165) is 29.4 Å². The van der Waals surface area contributed by atoms with E-state index in [-0.39, 0.29) is 11.7 Å². The summed E-state index contributed by atoms with van der Waals surface area (Å²) in [6, 6.07) is 11.9. The number of hydrogen-bond acceptors (Lipinski definition) is 3. The number of amides is 1. The van der Waals surface area contributed by atoms with E-state index in [1.807, 2.05) is 12.1 Å². The second kappa shape index (κ2) is 7.16. The molecule has 0 aliphatic heterocycles. The van der Waals surface area contributed by atoms with Crippen LogP contribution in [0.25, 0.3) is 22.0 Å². The van der Waals surface area contributed by atoms with Crippen molar-refractivity contribution >= 4 is 28.4 Å². The van der Waals surface area contributed by atoms with Crippen molar-refractivity contribution in [2.75, 3.05) is 0 Å². The molecule has 0 spiro atoms. The Morgan fingerprint density at radius 2 is 2.04 bits per heavy atom. The van der Waals surface area contributed by atoms with Gasteiger partial charge < -0.3 is 10.1 Å². The Balaban J connectivity index is 1.62. The molecule has 27 heavy (non-hydrogen) atoms. The van der Waals surface area contributed by atoms with Crippen molar-refractivity contribution in [3.63, 3.8) is 0 Å². The molecule has 0 saturated heterocycles. The lowest BCUT2D eigenvalue weighted by Crippen LogP contribution is -2.37. The quantitative estimate of drug-likeness (QED) is 0.691. The minimum atomic E-state index is -0.585. The van der Waals surface area contributed by atoms with Crippen LogP contribution in [0, 0.1) is 5.82 Å². The predicted octanol–water partition coefficient (Wildman–Crippen LogP) is 4.74. The first-order valence-electron chi connectivity index (χ1n) is 8.82. The van der Waals surface area contributed by atoms with Gasteiger partial charge in [-0.15, -0.1) is 0 Å². The Hall–Kier alpha value is -2.66. The van der Waals surface area contributed by atoms with Crippen LogP contribution in [0.15, 0.2) is 48.7 Å². The fraction of sp³-hybridized carbons (Fsp3) is 0.238. The highest BCUT2D eigenvalue weighted by molar-refractivity contribution is 6.33. The molecule has 4 rings (SSSR count). The smallest absolute Gasteiger partial charge is 0.260 e. The van der Waals surface area contributed by atoms with Crippen molar-refractivity contribution in [1.29, 1.82) is 0 Å². The standard InChI is InChI=1S/C21H18ClFN2O2/c1-12(21(26)25-14-3-4-14)27-15-5-7-18-16(8-9-24-20(18)11-15)17-6-2-13(23)10-19(17)22/h2,5-12,14H,3-4H2,1H3,(H,25,26)/t12-/m1/s1. The first-order chi connectivity index (χ1) is 13.0. The SMILES string of the molecule is C[C@@H](Oc1ccc2c(-c3ccc(F)cc3Cl)ccnc2c1)C(=O)NC1CC1. The summed E-state index contributed by atoms with van der Waals surface area (Å²) in [5.74, 6) is 0.0736. The van der Waals surface area contributed by atoms with Gasteiger partial charge in [0.05, 0.1) is 10.5 Å². The summed E-state index contributed by atoms with van der Waals surface area (Å²) in [4.78, 5) is 16.5. The summed E-state index contributed by atoms with van der Waals surface area (Å²) in [6.07, 6.45) is 3.16. The highest BCUT2D eigenvalue weighted by atomic mass is 35.5. The summed E-state index contributed by atoms with van der Waals surface area (Å²) in [5.41, 5.74) is 2.30. The van der Waals surface area contributed by atoms with E-state index in [2.05, 4.69) is 10.3 Å². The molecule has 1 aliphatic rings. The summed E-state index contributed by atoms with van der Waals surface area (Å²) < 4.78 is 19.1. The number of carbonyl (C=O) groups excluding carboxylic acids is 1. The van der Waals surface area contributed by atoms with Crippen LogP contribution in [0.2, 0.25) is 5.02 Å². The molecule has 0 bridgehead atoms. The molecule has 1 saturated carbocycles. The number of halogens is 2. The van der Waals surface area contributed by atoms with E-state index in [1.165, 1.54) is 12.1 Å². The Morgan fingerprint density at radius 3 is 2.78 bits per heavy atom. The molecule has 6 heteroatoms. The van der Waals surface area contributed by atoms with E-state index in [0.29, 0.717) is 22.3 Å². The molecule has 1 atom stereocenters. The molecule has 1 aliphatic carbocycles. The Labute approximate surface area is 161 Å². The molecule has 138 valence electrons. The van der Waals surface area contributed by atoms with Crippen LogP contribution >= 0.6 is 11.6 Å². The number of benzene rings is 2. The number of ether oxygens (including phenoxy) is 1. The molecule has 1 heterocycles. The van der Waals surface area contributed by atoms with Crippen molar-refractivity contribution in [1.82, 2.24) is 10.3 Å². The molecular weight excluding hydrogens is 367 g/mol. The number of nitrogens with one attached hydrogen (secondary N) is 1. The zero-order chi connectivity index (χ0) is 19.0. The van der Waals surface area contributed by atoms with E-state index in [1.54, 1.807) is 31.3 Å². The number of rotatable bonds is 5. The van der Waals surface area contributed by atoms with E-state index in [4.69, 9.17) is 16.3 Å². The van der Waals surface area contributed by atoms with Gasteiger partial charge in [0, 0.05) is 29.3 Å². The van der Waals surface area contributed by atoms with Gasteiger partial charge in [-0.05, 0) is 61.7 Å². The van der Waals surface area contributed by atoms with Crippen LogP contribution in [-0.2, 0) is 4.79 Å². The first-order valence-corrected chi connectivity index (χ1v) is 9.20. The van der Waals surface area contributed by atoms with Gasteiger partial charge in [-0.1, -0.05) is 11.6 Å². The third-order valence-electron chi connectivity index (χ3n) is 4.54. The number of fused-ring (bicyclic) bond motifs is 1. The third-order valence-corrected chi connectivity index (χ3v) is 4.85. The normalized spacial score (nSPS) is 14.8. The van der Waals surface area contributed by atoms with Crippen molar-refractivity contribution in [2.45, 2.75) is 31.9 Å². The molecule has 3 aromatic rings. The Morgan fingerprint density at radius 1 is 1.22 bits per heavy atom. The molecule has 4 nitrogen and oxygen atoms in total. The van der Waals surface area contributed by atoms with Crippen LogP contribution in [0.5, 0.6) is 5.75 Å². The number of aromatic nitrogens is 1. The van der Waals surface area contributed by atoms with Crippen LogP contribution in [-0.4, -0.2) is 23.0 Å². The van der Waals surface area contributed by atoms with E-state index >= 15 is 0 Å². The maximum absolute atomic E-state index is 13.4. The van der Waals surface area contributed by atoms with E-state index < -0.39 is 6.10 Å². The average molecular weight is 385 g/mol. The fourth-order valence-corrected chi connectivity index (χ4v) is 3.22. The van der Waals surface area contributed by atoms with Crippen LogP contribution in [0.1, 0.15) is 19.8 Å². The molecular formula is C21H18ClFN2O2. The van der Waals surface area contributed by atoms with Crippen molar-refractivity contribution in [3.05, 3.63) is 59.5 Å². The topological polar surface area (TPSA) is 51.2 Å². The number of carbonyl (C=O) groups is 1. The maximum atomic E-state index is 13.4. The Bertz CT molecular complexity index is 1020. The average Bonchev–Trinajstić information content (AvgIpc) is 3.45. The van der Waals surface area contributed by atoms with Crippen molar-refractivity contribution in [2.24, 2.45) is 0 Å². The zero-order valence-electron chi connectivity index (χ0n) is 14.7. The first kappa shape index (κ1) is 17.7. The lowest BCUT2D eigenvalue weighted by molar-refractivity contribution is -0.127. The van der Waals surface area contributed by atoms with Gasteiger partial charge >= 0.3 is 0 Å². The fourth-order valence-electron chi connectivity index (χ4n) is 2.95. The van der Waals surface area contributed by atoms with Crippen LogP contribution in [0.3, 0.4) is 0 Å². The summed E-state index contributed by atoms with van der Waals surface area (Å²) in [7, 11) is 0. The number of pyridine rings is 1. The van der Waals surface area contributed by atoms with Gasteiger partial charge in [-0.2, -0.15) is 0 Å². The highest BCUT2D eigenvalue weighted by Crippen LogP contribution is 2.34. The van der Waals surface area contributed by atoms with Gasteiger partial charge in [0.15, 0.2) is 6.10 Å². The summed E-state index contributed by atoms with van der Waals surface area (Å²) >= 11 is 6.22. The largest absolute Gasteiger partial charge is 0.481 e. The van der Waals surface area contributed by atoms with Crippen LogP contribution in [0.4, 0.5) is 4.39 Å². The zero-order valence-corrected chi connectivity index (χ0v) is 15.5. The molecule has 0 unspecified atom stereocenters. The highest BCUT2D eigenvalue weighted by Gasteiger charge is 2.26. The van der Waals surface area contributed by atoms with Crippen LogP contribution < -0.4 is 10.1 Å². The van der Waals surface area contributed by atoms with E-state index in [9.17, 15) is 9.18 Å². The third kappa shape index (κ3) is 3.88. The lowest BCUT2D eigenvalue weighted by atomic mass is 10.0. The minimum absolute atomic E-state index is 0.114. The van der Waals surface area contributed by atoms with Gasteiger partial charge in [0.25, 0.3) is 5.91 Å². The van der Waals surface area contributed by atoms with Gasteiger partial charge in [-0.25, -0.2) is 4.39 Å². The molecule has 1 amide bonds. The number of nitrogens with zero attached hydrogens (tertiary/aromatic N) is 1. The van der Waals surface area contributed by atoms with Crippen molar-refractivity contribution < 1.29 is 13.9 Å². The van der Waals surface area contributed by atoms with Crippen molar-refractivity contribution in [3.8, 4) is 16.9 Å². The predicted molar refractivity (Wildman–Crippen MR) is 103 cm³/mol. The van der Waals surface area contributed by atoms with Gasteiger partial charge in [0.1, 0.15) is 11.6 Å². The summed E-state index contributed by atoms with van der Waals surface area (Å²) in [6.45, 7) is 1.73. The van der Waals surface area contributed by atoms with Gasteiger partial charge in [-0.3, -0.25) is 9.78 Å².